The van der Waals surface area contributed by atoms with Crippen molar-refractivity contribution < 1.29 is 13.2 Å². The molecule has 0 unspecified atom stereocenters. The fourth-order valence-corrected chi connectivity index (χ4v) is 4.52. The van der Waals surface area contributed by atoms with E-state index in [1.54, 1.807) is 6.92 Å². The van der Waals surface area contributed by atoms with Crippen molar-refractivity contribution >= 4 is 50.5 Å². The van der Waals surface area contributed by atoms with Crippen LogP contribution in [0.15, 0.2) is 36.4 Å². The molecular formula is C20H24Cl2N2O3S. The molecule has 0 spiro atoms. The Balaban J connectivity index is 2.42. The van der Waals surface area contributed by atoms with Crippen LogP contribution >= 0.6 is 23.2 Å². The van der Waals surface area contributed by atoms with Crippen molar-refractivity contribution in [1.82, 2.24) is 0 Å². The molecule has 0 saturated carbocycles. The Morgan fingerprint density at radius 2 is 1.64 bits per heavy atom. The molecule has 0 aliphatic carbocycles. The van der Waals surface area contributed by atoms with E-state index in [-0.39, 0.29) is 10.7 Å². The molecule has 0 heterocycles. The van der Waals surface area contributed by atoms with Gasteiger partial charge in [-0.3, -0.25) is 9.10 Å². The van der Waals surface area contributed by atoms with E-state index in [0.717, 1.165) is 40.2 Å². The van der Waals surface area contributed by atoms with Crippen LogP contribution < -0.4 is 9.62 Å². The van der Waals surface area contributed by atoms with Gasteiger partial charge in [0, 0.05) is 5.69 Å². The second-order valence-corrected chi connectivity index (χ2v) is 9.15. The standard InChI is InChI=1S/C20H24Cl2N2O3S/c1-5-14-8-7-9-15(6-2)19(14)23-20(25)13(3)24(28(4,26)27)16-10-11-17(21)18(22)12-16/h7-13H,5-6H2,1-4H3,(H,23,25)/t13-/m0/s1. The Bertz CT molecular complexity index is 955. The third-order valence-corrected chi connectivity index (χ3v) is 6.47. The summed E-state index contributed by atoms with van der Waals surface area (Å²) in [5.74, 6) is -0.424. The summed E-state index contributed by atoms with van der Waals surface area (Å²) in [6.45, 7) is 5.55. The number of benzene rings is 2. The fraction of sp³-hybridized carbons (Fsp3) is 0.350. The Labute approximate surface area is 176 Å². The molecule has 0 fully saturated rings. The highest BCUT2D eigenvalue weighted by molar-refractivity contribution is 7.92. The lowest BCUT2D eigenvalue weighted by Crippen LogP contribution is -2.45. The molecule has 8 heteroatoms. The Hall–Kier alpha value is -1.76. The van der Waals surface area contributed by atoms with Crippen LogP contribution in [0.3, 0.4) is 0 Å². The van der Waals surface area contributed by atoms with Gasteiger partial charge in [0.1, 0.15) is 6.04 Å². The quantitative estimate of drug-likeness (QED) is 0.661. The first kappa shape index (κ1) is 22.5. The number of hydrogen-bond acceptors (Lipinski definition) is 3. The lowest BCUT2D eigenvalue weighted by atomic mass is 10.0. The van der Waals surface area contributed by atoms with E-state index in [1.807, 2.05) is 32.0 Å². The first-order valence-corrected chi connectivity index (χ1v) is 11.6. The van der Waals surface area contributed by atoms with Gasteiger partial charge in [0.25, 0.3) is 0 Å². The number of para-hydroxylation sites is 1. The highest BCUT2D eigenvalue weighted by atomic mass is 35.5. The second-order valence-electron chi connectivity index (χ2n) is 6.48. The number of aryl methyl sites for hydroxylation is 2. The zero-order valence-electron chi connectivity index (χ0n) is 16.3. The van der Waals surface area contributed by atoms with Gasteiger partial charge in [0.2, 0.25) is 15.9 Å². The highest BCUT2D eigenvalue weighted by Gasteiger charge is 2.30. The molecule has 1 amide bonds. The molecular weight excluding hydrogens is 419 g/mol. The molecule has 5 nitrogen and oxygen atoms in total. The van der Waals surface area contributed by atoms with Crippen LogP contribution in [-0.4, -0.2) is 26.6 Å². The summed E-state index contributed by atoms with van der Waals surface area (Å²) in [6.07, 6.45) is 2.55. The van der Waals surface area contributed by atoms with E-state index in [9.17, 15) is 13.2 Å². The maximum Gasteiger partial charge on any atom is 0.248 e. The molecule has 0 aromatic heterocycles. The molecule has 0 aliphatic rings. The van der Waals surface area contributed by atoms with Gasteiger partial charge >= 0.3 is 0 Å². The Morgan fingerprint density at radius 1 is 1.07 bits per heavy atom. The second kappa shape index (κ2) is 9.16. The number of anilines is 2. The molecule has 2 rings (SSSR count). The van der Waals surface area contributed by atoms with Crippen LogP contribution in [0, 0.1) is 0 Å². The van der Waals surface area contributed by atoms with Crippen molar-refractivity contribution in [3.8, 4) is 0 Å². The zero-order valence-corrected chi connectivity index (χ0v) is 18.6. The highest BCUT2D eigenvalue weighted by Crippen LogP contribution is 2.30. The summed E-state index contributed by atoms with van der Waals surface area (Å²) in [4.78, 5) is 13.0. The molecule has 0 saturated heterocycles. The molecule has 28 heavy (non-hydrogen) atoms. The molecule has 0 bridgehead atoms. The molecule has 1 N–H and O–H groups in total. The minimum Gasteiger partial charge on any atom is -0.324 e. The zero-order chi connectivity index (χ0) is 21.1. The van der Waals surface area contributed by atoms with Crippen LogP contribution in [-0.2, 0) is 27.7 Å². The first-order chi connectivity index (χ1) is 13.1. The number of rotatable bonds is 7. The number of amides is 1. The third kappa shape index (κ3) is 4.99. The van der Waals surface area contributed by atoms with Gasteiger partial charge in [-0.2, -0.15) is 0 Å². The van der Waals surface area contributed by atoms with E-state index in [1.165, 1.54) is 18.2 Å². The summed E-state index contributed by atoms with van der Waals surface area (Å²) in [6, 6.07) is 9.34. The normalized spacial score (nSPS) is 12.5. The van der Waals surface area contributed by atoms with Crippen LogP contribution in [0.1, 0.15) is 31.9 Å². The van der Waals surface area contributed by atoms with Crippen molar-refractivity contribution in [3.63, 3.8) is 0 Å². The van der Waals surface area contributed by atoms with Gasteiger partial charge in [-0.25, -0.2) is 8.42 Å². The van der Waals surface area contributed by atoms with Gasteiger partial charge < -0.3 is 5.32 Å². The van der Waals surface area contributed by atoms with Crippen molar-refractivity contribution in [3.05, 3.63) is 57.6 Å². The number of carbonyl (C=O) groups is 1. The van der Waals surface area contributed by atoms with E-state index >= 15 is 0 Å². The minimum absolute atomic E-state index is 0.213. The predicted octanol–water partition coefficient (Wildman–Crippen LogP) is 4.91. The molecule has 1 atom stereocenters. The van der Waals surface area contributed by atoms with Crippen LogP contribution in [0.2, 0.25) is 10.0 Å². The number of nitrogens with zero attached hydrogens (tertiary/aromatic N) is 1. The topological polar surface area (TPSA) is 66.5 Å². The average molecular weight is 443 g/mol. The maximum absolute atomic E-state index is 13.0. The van der Waals surface area contributed by atoms with Gasteiger partial charge in [-0.15, -0.1) is 0 Å². The average Bonchev–Trinajstić information content (AvgIpc) is 2.63. The number of halogens is 2. The first-order valence-electron chi connectivity index (χ1n) is 8.96. The lowest BCUT2D eigenvalue weighted by molar-refractivity contribution is -0.116. The molecule has 0 radical (unpaired) electrons. The molecule has 152 valence electrons. The Morgan fingerprint density at radius 3 is 2.11 bits per heavy atom. The monoisotopic (exact) mass is 442 g/mol. The third-order valence-electron chi connectivity index (χ3n) is 4.49. The fourth-order valence-electron chi connectivity index (χ4n) is 3.06. The van der Waals surface area contributed by atoms with E-state index in [2.05, 4.69) is 5.32 Å². The SMILES string of the molecule is CCc1cccc(CC)c1NC(=O)[C@H](C)N(c1ccc(Cl)c(Cl)c1)S(C)(=O)=O. The van der Waals surface area contributed by atoms with Gasteiger partial charge in [0.15, 0.2) is 0 Å². The largest absolute Gasteiger partial charge is 0.324 e. The van der Waals surface area contributed by atoms with E-state index in [0.29, 0.717) is 5.02 Å². The van der Waals surface area contributed by atoms with Gasteiger partial charge in [-0.05, 0) is 49.1 Å². The van der Waals surface area contributed by atoms with Crippen LogP contribution in [0.25, 0.3) is 0 Å². The van der Waals surface area contributed by atoms with E-state index in [4.69, 9.17) is 23.2 Å². The van der Waals surface area contributed by atoms with Crippen LogP contribution in [0.4, 0.5) is 11.4 Å². The molecule has 0 aliphatic heterocycles. The smallest absolute Gasteiger partial charge is 0.248 e. The van der Waals surface area contributed by atoms with Crippen LogP contribution in [0.5, 0.6) is 0 Å². The van der Waals surface area contributed by atoms with Crippen molar-refractivity contribution in [2.45, 2.75) is 39.7 Å². The minimum atomic E-state index is -3.74. The van der Waals surface area contributed by atoms with Gasteiger partial charge in [-0.1, -0.05) is 55.2 Å². The summed E-state index contributed by atoms with van der Waals surface area (Å²) in [5, 5.41) is 3.44. The summed E-state index contributed by atoms with van der Waals surface area (Å²) >= 11 is 12.0. The summed E-state index contributed by atoms with van der Waals surface area (Å²) in [5.41, 5.74) is 3.02. The van der Waals surface area contributed by atoms with Gasteiger partial charge in [0.05, 0.1) is 22.0 Å². The number of carbonyl (C=O) groups excluding carboxylic acids is 1. The Kier molecular flexibility index (Phi) is 7.37. The number of hydrogen-bond donors (Lipinski definition) is 1. The van der Waals surface area contributed by atoms with E-state index < -0.39 is 22.0 Å². The number of sulfonamides is 1. The van der Waals surface area contributed by atoms with Crippen molar-refractivity contribution in [1.29, 1.82) is 0 Å². The predicted molar refractivity (Wildman–Crippen MR) is 117 cm³/mol. The van der Waals surface area contributed by atoms with Crippen molar-refractivity contribution in [2.24, 2.45) is 0 Å². The molecule has 2 aromatic rings. The summed E-state index contributed by atoms with van der Waals surface area (Å²) < 4.78 is 25.9. The molecule has 2 aromatic carbocycles. The summed E-state index contributed by atoms with van der Waals surface area (Å²) in [7, 11) is -3.74. The van der Waals surface area contributed by atoms with Crippen molar-refractivity contribution in [2.75, 3.05) is 15.9 Å². The number of nitrogens with one attached hydrogen (secondary N) is 1. The lowest BCUT2D eigenvalue weighted by Gasteiger charge is -2.29. The maximum atomic E-state index is 13.0.